The van der Waals surface area contributed by atoms with Crippen molar-refractivity contribution in [3.8, 4) is 0 Å². The maximum absolute atomic E-state index is 14.3. The van der Waals surface area contributed by atoms with Gasteiger partial charge in [-0.15, -0.1) is 0 Å². The number of carbonyl (C=O) groups is 1. The highest BCUT2D eigenvalue weighted by Gasteiger charge is 2.33. The third-order valence-electron chi connectivity index (χ3n) is 6.52. The average Bonchev–Trinajstić information content (AvgIpc) is 3.35. The van der Waals surface area contributed by atoms with Crippen molar-refractivity contribution in [2.45, 2.75) is 44.4 Å². The SMILES string of the molecule is Cc1cn2nc([C@@H]3CCCCN3C(=O)c3ccc(F)cc3F)cc2nc1N1C[C@@H](N)[C@@H](O)C1. The van der Waals surface area contributed by atoms with Gasteiger partial charge in [0, 0.05) is 49.6 Å². The first-order valence-corrected chi connectivity index (χ1v) is 11.1. The topological polar surface area (TPSA) is 100.0 Å². The predicted octanol–water partition coefficient (Wildman–Crippen LogP) is 2.19. The molecule has 33 heavy (non-hydrogen) atoms. The first-order valence-electron chi connectivity index (χ1n) is 11.1. The zero-order valence-corrected chi connectivity index (χ0v) is 18.3. The van der Waals surface area contributed by atoms with E-state index in [4.69, 9.17) is 10.7 Å². The van der Waals surface area contributed by atoms with Crippen LogP contribution < -0.4 is 10.6 Å². The lowest BCUT2D eigenvalue weighted by Gasteiger charge is -2.34. The molecule has 2 saturated heterocycles. The van der Waals surface area contributed by atoms with E-state index in [9.17, 15) is 18.7 Å². The fourth-order valence-corrected chi connectivity index (χ4v) is 4.79. The summed E-state index contributed by atoms with van der Waals surface area (Å²) < 4.78 is 29.3. The number of hydrogen-bond acceptors (Lipinski definition) is 6. The average molecular weight is 456 g/mol. The molecule has 10 heteroatoms. The summed E-state index contributed by atoms with van der Waals surface area (Å²) in [6, 6.07) is 4.20. The molecule has 174 valence electrons. The number of likely N-dealkylation sites (tertiary alicyclic amines) is 1. The van der Waals surface area contributed by atoms with Gasteiger partial charge in [-0.25, -0.2) is 18.3 Å². The Morgan fingerprint density at radius 1 is 1.21 bits per heavy atom. The van der Waals surface area contributed by atoms with Gasteiger partial charge in [0.05, 0.1) is 23.4 Å². The summed E-state index contributed by atoms with van der Waals surface area (Å²) in [5.41, 5.74) is 8.00. The molecule has 0 saturated carbocycles. The molecule has 1 amide bonds. The Kier molecular flexibility index (Phi) is 5.49. The van der Waals surface area contributed by atoms with Crippen molar-refractivity contribution in [2.75, 3.05) is 24.5 Å². The number of anilines is 1. The van der Waals surface area contributed by atoms with Crippen LogP contribution in [-0.4, -0.2) is 62.3 Å². The van der Waals surface area contributed by atoms with E-state index in [1.807, 2.05) is 24.1 Å². The summed E-state index contributed by atoms with van der Waals surface area (Å²) in [6.45, 7) is 3.32. The summed E-state index contributed by atoms with van der Waals surface area (Å²) in [5, 5.41) is 14.7. The van der Waals surface area contributed by atoms with Crippen molar-refractivity contribution in [3.05, 3.63) is 58.9 Å². The molecule has 4 heterocycles. The van der Waals surface area contributed by atoms with Gasteiger partial charge >= 0.3 is 0 Å². The van der Waals surface area contributed by atoms with Crippen molar-refractivity contribution in [3.63, 3.8) is 0 Å². The second kappa shape index (κ2) is 8.35. The number of fused-ring (bicyclic) bond motifs is 1. The van der Waals surface area contributed by atoms with Gasteiger partial charge in [0.25, 0.3) is 5.91 Å². The number of β-amino-alcohol motifs (C(OH)–C–C–N with tert-alkyl or cyclic N) is 1. The van der Waals surface area contributed by atoms with Crippen LogP contribution in [0.5, 0.6) is 0 Å². The van der Waals surface area contributed by atoms with Crippen molar-refractivity contribution < 1.29 is 18.7 Å². The number of amides is 1. The number of benzene rings is 1. The van der Waals surface area contributed by atoms with E-state index in [0.29, 0.717) is 37.4 Å². The number of rotatable bonds is 3. The number of hydrogen-bond donors (Lipinski definition) is 2. The minimum absolute atomic E-state index is 0.146. The molecule has 3 N–H and O–H groups in total. The molecular formula is C23H26F2N6O2. The van der Waals surface area contributed by atoms with Gasteiger partial charge in [-0.3, -0.25) is 4.79 Å². The van der Waals surface area contributed by atoms with Gasteiger partial charge in [-0.2, -0.15) is 5.10 Å². The number of piperidine rings is 1. The van der Waals surface area contributed by atoms with Gasteiger partial charge < -0.3 is 20.6 Å². The van der Waals surface area contributed by atoms with Gasteiger partial charge in [0.1, 0.15) is 17.5 Å². The number of aryl methyl sites for hydroxylation is 1. The van der Waals surface area contributed by atoms with Crippen molar-refractivity contribution >= 4 is 17.4 Å². The number of aliphatic hydroxyl groups is 1. The third kappa shape index (κ3) is 3.93. The lowest BCUT2D eigenvalue weighted by atomic mass is 9.98. The molecule has 2 aliphatic rings. The maximum Gasteiger partial charge on any atom is 0.257 e. The second-order valence-electron chi connectivity index (χ2n) is 8.89. The van der Waals surface area contributed by atoms with E-state index in [-0.39, 0.29) is 17.6 Å². The molecule has 1 aromatic carbocycles. The zero-order valence-electron chi connectivity index (χ0n) is 18.3. The molecule has 3 atom stereocenters. The van der Waals surface area contributed by atoms with Crippen LogP contribution in [0.25, 0.3) is 5.65 Å². The molecule has 0 bridgehead atoms. The summed E-state index contributed by atoms with van der Waals surface area (Å²) in [5.74, 6) is -1.32. The second-order valence-corrected chi connectivity index (χ2v) is 8.89. The molecule has 0 unspecified atom stereocenters. The number of aromatic nitrogens is 3. The van der Waals surface area contributed by atoms with Gasteiger partial charge in [-0.1, -0.05) is 0 Å². The Balaban J connectivity index is 1.47. The van der Waals surface area contributed by atoms with Crippen LogP contribution >= 0.6 is 0 Å². The standard InChI is InChI=1S/C23H26F2N6O2/c1-13-10-31-21(27-22(13)29-11-17(26)20(32)12-29)9-18(28-31)19-4-2-3-7-30(19)23(33)15-6-5-14(24)8-16(15)25/h5-6,8-10,17,19-20,32H,2-4,7,11-12,26H2,1H3/t17-,19+,20+/m1/s1. The minimum Gasteiger partial charge on any atom is -0.390 e. The molecule has 2 aromatic heterocycles. The first-order chi connectivity index (χ1) is 15.8. The van der Waals surface area contributed by atoms with Crippen LogP contribution in [0.1, 0.15) is 46.9 Å². The van der Waals surface area contributed by atoms with E-state index in [2.05, 4.69) is 5.10 Å². The number of carbonyl (C=O) groups excluding carboxylic acids is 1. The lowest BCUT2D eigenvalue weighted by Crippen LogP contribution is -2.39. The van der Waals surface area contributed by atoms with E-state index >= 15 is 0 Å². The quantitative estimate of drug-likeness (QED) is 0.627. The lowest BCUT2D eigenvalue weighted by molar-refractivity contribution is 0.0601. The highest BCUT2D eigenvalue weighted by molar-refractivity contribution is 5.94. The van der Waals surface area contributed by atoms with Crippen LogP contribution in [0, 0.1) is 18.6 Å². The largest absolute Gasteiger partial charge is 0.390 e. The van der Waals surface area contributed by atoms with Gasteiger partial charge in [0.2, 0.25) is 0 Å². The third-order valence-corrected chi connectivity index (χ3v) is 6.52. The summed E-state index contributed by atoms with van der Waals surface area (Å²) in [4.78, 5) is 21.5. The van der Waals surface area contributed by atoms with E-state index < -0.39 is 23.6 Å². The number of halogens is 2. The Bertz CT molecular complexity index is 1210. The molecule has 3 aromatic rings. The van der Waals surface area contributed by atoms with Crippen LogP contribution in [0.3, 0.4) is 0 Å². The van der Waals surface area contributed by atoms with Crippen LogP contribution in [0.4, 0.5) is 14.6 Å². The Morgan fingerprint density at radius 2 is 2.03 bits per heavy atom. The zero-order chi connectivity index (χ0) is 23.3. The normalized spacial score (nSPS) is 23.5. The van der Waals surface area contributed by atoms with Gasteiger partial charge in [-0.05, 0) is 38.3 Å². The van der Waals surface area contributed by atoms with E-state index in [1.54, 1.807) is 9.42 Å². The summed E-state index contributed by atoms with van der Waals surface area (Å²) >= 11 is 0. The van der Waals surface area contributed by atoms with Crippen LogP contribution in [0.2, 0.25) is 0 Å². The molecule has 0 aliphatic carbocycles. The predicted molar refractivity (Wildman–Crippen MR) is 118 cm³/mol. The Labute approximate surface area is 189 Å². The minimum atomic E-state index is -0.868. The molecule has 8 nitrogen and oxygen atoms in total. The van der Waals surface area contributed by atoms with Crippen molar-refractivity contribution in [2.24, 2.45) is 5.73 Å². The smallest absolute Gasteiger partial charge is 0.257 e. The Morgan fingerprint density at radius 3 is 2.76 bits per heavy atom. The first kappa shape index (κ1) is 21.7. The maximum atomic E-state index is 14.3. The molecule has 2 fully saturated rings. The van der Waals surface area contributed by atoms with Crippen LogP contribution in [0.15, 0.2) is 30.5 Å². The monoisotopic (exact) mass is 456 g/mol. The molecule has 5 rings (SSSR count). The molecule has 2 aliphatic heterocycles. The van der Waals surface area contributed by atoms with Crippen molar-refractivity contribution in [1.29, 1.82) is 0 Å². The van der Waals surface area contributed by atoms with Gasteiger partial charge in [0.15, 0.2) is 5.65 Å². The number of nitrogens with zero attached hydrogens (tertiary/aromatic N) is 5. The highest BCUT2D eigenvalue weighted by Crippen LogP contribution is 2.33. The molecule has 0 spiro atoms. The summed E-state index contributed by atoms with van der Waals surface area (Å²) in [6.07, 6.45) is 3.67. The molecular weight excluding hydrogens is 430 g/mol. The van der Waals surface area contributed by atoms with E-state index in [0.717, 1.165) is 36.4 Å². The fourth-order valence-electron chi connectivity index (χ4n) is 4.79. The molecule has 0 radical (unpaired) electrons. The van der Waals surface area contributed by atoms with E-state index in [1.165, 1.54) is 6.07 Å². The van der Waals surface area contributed by atoms with Crippen LogP contribution in [-0.2, 0) is 0 Å². The Hall–Kier alpha value is -3.11. The number of aliphatic hydroxyl groups excluding tert-OH is 1. The number of nitrogens with two attached hydrogens (primary N) is 1. The summed E-state index contributed by atoms with van der Waals surface area (Å²) in [7, 11) is 0. The van der Waals surface area contributed by atoms with Crippen molar-refractivity contribution in [1.82, 2.24) is 19.5 Å². The highest BCUT2D eigenvalue weighted by atomic mass is 19.1. The fraction of sp³-hybridized carbons (Fsp3) is 0.435.